The Labute approximate surface area is 116 Å². The minimum absolute atomic E-state index is 0.0579. The average Bonchev–Trinajstić information content (AvgIpc) is 2.70. The van der Waals surface area contributed by atoms with E-state index in [2.05, 4.69) is 27.8 Å². The van der Waals surface area contributed by atoms with Crippen molar-refractivity contribution in [2.24, 2.45) is 5.92 Å². The second-order valence-corrected chi connectivity index (χ2v) is 5.84. The summed E-state index contributed by atoms with van der Waals surface area (Å²) in [5.74, 6) is 0.515. The predicted octanol–water partition coefficient (Wildman–Crippen LogP) is 2.86. The Hall–Kier alpha value is -0.870. The van der Waals surface area contributed by atoms with Crippen molar-refractivity contribution >= 4 is 27.4 Å². The molecule has 1 aliphatic rings. The number of halogens is 1. The van der Waals surface area contributed by atoms with Crippen molar-refractivity contribution in [1.82, 2.24) is 0 Å². The Bertz CT molecular complexity index is 461. The lowest BCUT2D eigenvalue weighted by molar-refractivity contribution is 0.101. The molecule has 0 bridgehead atoms. The summed E-state index contributed by atoms with van der Waals surface area (Å²) in [6.45, 7) is 4.76. The molecule has 0 saturated carbocycles. The van der Waals surface area contributed by atoms with Gasteiger partial charge in [0.1, 0.15) is 0 Å². The Kier molecular flexibility index (Phi) is 4.07. The Balaban J connectivity index is 2.41. The molecule has 1 aromatic rings. The minimum Gasteiger partial charge on any atom is -0.394 e. The van der Waals surface area contributed by atoms with Gasteiger partial charge in [0.15, 0.2) is 5.78 Å². The molecule has 4 heteroatoms. The molecular weight excluding hydrogens is 294 g/mol. The molecular formula is C14H18BrNO2. The van der Waals surface area contributed by atoms with Gasteiger partial charge < -0.3 is 10.0 Å². The van der Waals surface area contributed by atoms with E-state index in [1.807, 2.05) is 18.2 Å². The van der Waals surface area contributed by atoms with Crippen LogP contribution in [0.15, 0.2) is 22.7 Å². The van der Waals surface area contributed by atoms with Crippen LogP contribution in [0.25, 0.3) is 0 Å². The molecule has 1 fully saturated rings. The van der Waals surface area contributed by atoms with Crippen LogP contribution < -0.4 is 4.90 Å². The number of hydrogen-bond donors (Lipinski definition) is 1. The van der Waals surface area contributed by atoms with Gasteiger partial charge in [0, 0.05) is 22.3 Å². The lowest BCUT2D eigenvalue weighted by atomic mass is 10.0. The van der Waals surface area contributed by atoms with E-state index in [-0.39, 0.29) is 18.4 Å². The molecule has 2 atom stereocenters. The fourth-order valence-electron chi connectivity index (χ4n) is 2.63. The Morgan fingerprint density at radius 2 is 2.28 bits per heavy atom. The molecule has 2 rings (SSSR count). The van der Waals surface area contributed by atoms with E-state index in [1.165, 1.54) is 0 Å². The van der Waals surface area contributed by atoms with Crippen LogP contribution in [0.1, 0.15) is 30.6 Å². The molecule has 0 amide bonds. The van der Waals surface area contributed by atoms with Crippen molar-refractivity contribution in [2.75, 3.05) is 18.1 Å². The van der Waals surface area contributed by atoms with E-state index in [9.17, 15) is 9.90 Å². The average molecular weight is 312 g/mol. The second-order valence-electron chi connectivity index (χ2n) is 4.93. The van der Waals surface area contributed by atoms with Crippen LogP contribution in [0.3, 0.4) is 0 Å². The molecule has 3 nitrogen and oxygen atoms in total. The van der Waals surface area contributed by atoms with Gasteiger partial charge in [-0.3, -0.25) is 4.79 Å². The standard InChI is InChI=1S/C14H18BrNO2/c1-9-5-6-16(14(9)8-17)13-4-3-11(15)7-12(13)10(2)18/h3-4,7,9,14,17H,5-6,8H2,1-2H3. The molecule has 1 aromatic carbocycles. The number of aliphatic hydroxyl groups excluding tert-OH is 1. The van der Waals surface area contributed by atoms with Crippen LogP contribution in [0.4, 0.5) is 5.69 Å². The highest BCUT2D eigenvalue weighted by Crippen LogP contribution is 2.33. The number of carbonyl (C=O) groups excluding carboxylic acids is 1. The predicted molar refractivity (Wildman–Crippen MR) is 76.1 cm³/mol. The first kappa shape index (κ1) is 13.6. The van der Waals surface area contributed by atoms with Gasteiger partial charge in [-0.15, -0.1) is 0 Å². The summed E-state index contributed by atoms with van der Waals surface area (Å²) in [6.07, 6.45) is 1.05. The van der Waals surface area contributed by atoms with Crippen LogP contribution in [0.5, 0.6) is 0 Å². The third-order valence-electron chi connectivity index (χ3n) is 3.72. The molecule has 1 saturated heterocycles. The first-order chi connectivity index (χ1) is 8.54. The fourth-order valence-corrected chi connectivity index (χ4v) is 2.99. The highest BCUT2D eigenvalue weighted by atomic mass is 79.9. The van der Waals surface area contributed by atoms with Crippen LogP contribution in [0, 0.1) is 5.92 Å². The van der Waals surface area contributed by atoms with Gasteiger partial charge in [0.05, 0.1) is 12.6 Å². The second kappa shape index (κ2) is 5.41. The number of Topliss-reactive ketones (excluding diaryl/α,β-unsaturated/α-hetero) is 1. The smallest absolute Gasteiger partial charge is 0.161 e. The topological polar surface area (TPSA) is 40.5 Å². The lowest BCUT2D eigenvalue weighted by Crippen LogP contribution is -2.36. The van der Waals surface area contributed by atoms with Gasteiger partial charge in [-0.2, -0.15) is 0 Å². The number of hydrogen-bond acceptors (Lipinski definition) is 3. The van der Waals surface area contributed by atoms with Gasteiger partial charge in [-0.05, 0) is 37.5 Å². The molecule has 1 N–H and O–H groups in total. The molecule has 18 heavy (non-hydrogen) atoms. The van der Waals surface area contributed by atoms with Crippen LogP contribution in [-0.4, -0.2) is 30.1 Å². The van der Waals surface area contributed by atoms with E-state index in [0.717, 1.165) is 28.7 Å². The Morgan fingerprint density at radius 3 is 2.89 bits per heavy atom. The van der Waals surface area contributed by atoms with Crippen molar-refractivity contribution in [2.45, 2.75) is 26.3 Å². The number of anilines is 1. The van der Waals surface area contributed by atoms with Gasteiger partial charge >= 0.3 is 0 Å². The third-order valence-corrected chi connectivity index (χ3v) is 4.21. The maximum absolute atomic E-state index is 11.7. The third kappa shape index (κ3) is 2.45. The molecule has 0 aliphatic carbocycles. The summed E-state index contributed by atoms with van der Waals surface area (Å²) in [5.41, 5.74) is 1.66. The van der Waals surface area contributed by atoms with E-state index < -0.39 is 0 Å². The first-order valence-electron chi connectivity index (χ1n) is 6.22. The zero-order valence-corrected chi connectivity index (χ0v) is 12.3. The summed E-state index contributed by atoms with van der Waals surface area (Å²) in [5, 5.41) is 9.52. The number of aliphatic hydroxyl groups is 1. The van der Waals surface area contributed by atoms with Crippen LogP contribution in [-0.2, 0) is 0 Å². The zero-order chi connectivity index (χ0) is 13.3. The van der Waals surface area contributed by atoms with Crippen molar-refractivity contribution < 1.29 is 9.90 Å². The molecule has 2 unspecified atom stereocenters. The molecule has 1 heterocycles. The fraction of sp³-hybridized carbons (Fsp3) is 0.500. The van der Waals surface area contributed by atoms with Gasteiger partial charge in [-0.25, -0.2) is 0 Å². The molecule has 0 spiro atoms. The summed E-state index contributed by atoms with van der Waals surface area (Å²) < 4.78 is 0.907. The zero-order valence-electron chi connectivity index (χ0n) is 10.7. The molecule has 0 radical (unpaired) electrons. The molecule has 1 aliphatic heterocycles. The molecule has 0 aromatic heterocycles. The highest BCUT2D eigenvalue weighted by molar-refractivity contribution is 9.10. The van der Waals surface area contributed by atoms with Crippen molar-refractivity contribution in [3.63, 3.8) is 0 Å². The van der Waals surface area contributed by atoms with Crippen molar-refractivity contribution in [3.8, 4) is 0 Å². The molecule has 98 valence electrons. The van der Waals surface area contributed by atoms with Crippen molar-refractivity contribution in [1.29, 1.82) is 0 Å². The maximum atomic E-state index is 11.7. The van der Waals surface area contributed by atoms with Gasteiger partial charge in [0.2, 0.25) is 0 Å². The SMILES string of the molecule is CC(=O)c1cc(Br)ccc1N1CCC(C)C1CO. The normalized spacial score (nSPS) is 23.4. The van der Waals surface area contributed by atoms with E-state index in [1.54, 1.807) is 6.92 Å². The number of carbonyl (C=O) groups is 1. The minimum atomic E-state index is 0.0579. The quantitative estimate of drug-likeness (QED) is 0.873. The van der Waals surface area contributed by atoms with Crippen LogP contribution in [0.2, 0.25) is 0 Å². The highest BCUT2D eigenvalue weighted by Gasteiger charge is 2.32. The van der Waals surface area contributed by atoms with Gasteiger partial charge in [-0.1, -0.05) is 22.9 Å². The summed E-state index contributed by atoms with van der Waals surface area (Å²) in [6, 6.07) is 5.87. The van der Waals surface area contributed by atoms with E-state index >= 15 is 0 Å². The first-order valence-corrected chi connectivity index (χ1v) is 7.02. The monoisotopic (exact) mass is 311 g/mol. The number of nitrogens with zero attached hydrogens (tertiary/aromatic N) is 1. The largest absolute Gasteiger partial charge is 0.394 e. The van der Waals surface area contributed by atoms with Crippen molar-refractivity contribution in [3.05, 3.63) is 28.2 Å². The van der Waals surface area contributed by atoms with E-state index in [0.29, 0.717) is 5.92 Å². The number of ketones is 1. The number of rotatable bonds is 3. The summed E-state index contributed by atoms with van der Waals surface area (Å²) in [4.78, 5) is 13.9. The summed E-state index contributed by atoms with van der Waals surface area (Å²) in [7, 11) is 0. The summed E-state index contributed by atoms with van der Waals surface area (Å²) >= 11 is 3.40. The van der Waals surface area contributed by atoms with Crippen LogP contribution >= 0.6 is 15.9 Å². The van der Waals surface area contributed by atoms with Gasteiger partial charge in [0.25, 0.3) is 0 Å². The lowest BCUT2D eigenvalue weighted by Gasteiger charge is -2.29. The maximum Gasteiger partial charge on any atom is 0.161 e. The van der Waals surface area contributed by atoms with E-state index in [4.69, 9.17) is 0 Å². The Morgan fingerprint density at radius 1 is 1.56 bits per heavy atom. The number of benzene rings is 1.